The fourth-order valence-corrected chi connectivity index (χ4v) is 2.30. The molecule has 0 bridgehead atoms. The smallest absolute Gasteiger partial charge is 0.335 e. The van der Waals surface area contributed by atoms with Gasteiger partial charge in [-0.1, -0.05) is 18.2 Å². The van der Waals surface area contributed by atoms with Crippen LogP contribution < -0.4 is 0 Å². The molecule has 0 aromatic heterocycles. The Hall–Kier alpha value is -1.62. The minimum atomic E-state index is -1.00. The Labute approximate surface area is 121 Å². The monoisotopic (exact) mass is 294 g/mol. The van der Waals surface area contributed by atoms with Crippen molar-refractivity contribution in [3.63, 3.8) is 0 Å². The van der Waals surface area contributed by atoms with E-state index in [0.29, 0.717) is 12.0 Å². The normalized spacial score (nSPS) is 14.2. The summed E-state index contributed by atoms with van der Waals surface area (Å²) in [6.07, 6.45) is -1.61. The number of hydrogen-bond acceptors (Lipinski definition) is 3. The second-order valence-electron chi connectivity index (χ2n) is 4.62. The van der Waals surface area contributed by atoms with E-state index in [0.717, 1.165) is 10.8 Å². The zero-order chi connectivity index (χ0) is 14.7. The number of fused-ring (bicyclic) bond motifs is 1. The number of aliphatic hydroxyl groups excluding tert-OH is 2. The molecule has 0 heterocycles. The zero-order valence-corrected chi connectivity index (χ0v) is 11.4. The summed E-state index contributed by atoms with van der Waals surface area (Å²) in [6.45, 7) is 0. The molecule has 0 radical (unpaired) electrons. The van der Waals surface area contributed by atoms with Crippen molar-refractivity contribution >= 4 is 28.3 Å². The van der Waals surface area contributed by atoms with E-state index in [9.17, 15) is 15.0 Å². The molecule has 2 aromatic carbocycles. The molecule has 5 heteroatoms. The van der Waals surface area contributed by atoms with Crippen molar-refractivity contribution in [1.82, 2.24) is 0 Å². The fourth-order valence-electron chi connectivity index (χ4n) is 2.07. The minimum Gasteiger partial charge on any atom is -0.478 e. The molecular weight excluding hydrogens is 280 g/mol. The van der Waals surface area contributed by atoms with Gasteiger partial charge >= 0.3 is 5.97 Å². The van der Waals surface area contributed by atoms with Gasteiger partial charge in [-0.2, -0.15) is 0 Å². The number of aliphatic hydroxyl groups is 2. The van der Waals surface area contributed by atoms with Crippen LogP contribution in [-0.2, 0) is 0 Å². The average Bonchev–Trinajstić information content (AvgIpc) is 2.45. The van der Waals surface area contributed by atoms with Gasteiger partial charge in [-0.25, -0.2) is 4.79 Å². The maximum Gasteiger partial charge on any atom is 0.335 e. The predicted molar refractivity (Wildman–Crippen MR) is 77.2 cm³/mol. The van der Waals surface area contributed by atoms with E-state index in [-0.39, 0.29) is 11.4 Å². The Balaban J connectivity index is 2.34. The molecule has 106 valence electrons. The number of aromatic carboxylic acids is 1. The molecule has 0 saturated carbocycles. The van der Waals surface area contributed by atoms with E-state index in [2.05, 4.69) is 0 Å². The molecule has 0 aliphatic heterocycles. The molecule has 2 rings (SSSR count). The van der Waals surface area contributed by atoms with Crippen LogP contribution in [0.25, 0.3) is 10.8 Å². The first-order valence-corrected chi connectivity index (χ1v) is 6.75. The lowest BCUT2D eigenvalue weighted by Crippen LogP contribution is -2.18. The highest BCUT2D eigenvalue weighted by atomic mass is 35.5. The highest BCUT2D eigenvalue weighted by Gasteiger charge is 2.18. The molecule has 0 aliphatic carbocycles. The fraction of sp³-hybridized carbons (Fsp3) is 0.267. The van der Waals surface area contributed by atoms with Gasteiger partial charge in [-0.05, 0) is 41.0 Å². The Morgan fingerprint density at radius 1 is 1.10 bits per heavy atom. The molecule has 20 heavy (non-hydrogen) atoms. The number of halogens is 1. The van der Waals surface area contributed by atoms with Gasteiger partial charge in [0.1, 0.15) is 6.10 Å². The molecular formula is C15H15ClO4. The predicted octanol–water partition coefficient (Wildman–Crippen LogP) is 2.56. The van der Waals surface area contributed by atoms with Gasteiger partial charge in [0.25, 0.3) is 0 Å². The Kier molecular flexibility index (Phi) is 4.60. The van der Waals surface area contributed by atoms with Crippen molar-refractivity contribution in [2.75, 3.05) is 5.88 Å². The Morgan fingerprint density at radius 3 is 2.40 bits per heavy atom. The van der Waals surface area contributed by atoms with Crippen molar-refractivity contribution in [2.45, 2.75) is 18.6 Å². The maximum absolute atomic E-state index is 10.9. The van der Waals surface area contributed by atoms with E-state index in [1.807, 2.05) is 0 Å². The van der Waals surface area contributed by atoms with Crippen molar-refractivity contribution in [3.8, 4) is 0 Å². The highest BCUT2D eigenvalue weighted by molar-refractivity contribution is 6.17. The molecule has 0 amide bonds. The number of benzene rings is 2. The minimum absolute atomic E-state index is 0.216. The standard InChI is InChI=1S/C15H15ClO4/c16-6-5-13(17)14(18)11-3-1-10-8-12(15(19)20)4-2-9(10)7-11/h1-4,7-8,13-14,17-18H,5-6H2,(H,19,20). The summed E-state index contributed by atoms with van der Waals surface area (Å²) in [5.41, 5.74) is 0.797. The lowest BCUT2D eigenvalue weighted by molar-refractivity contribution is 0.0171. The lowest BCUT2D eigenvalue weighted by Gasteiger charge is -2.17. The molecule has 4 nitrogen and oxygen atoms in total. The third-order valence-corrected chi connectivity index (χ3v) is 3.44. The molecule has 0 fully saturated rings. The topological polar surface area (TPSA) is 77.8 Å². The van der Waals surface area contributed by atoms with Gasteiger partial charge in [-0.15, -0.1) is 11.6 Å². The summed E-state index contributed by atoms with van der Waals surface area (Å²) in [5, 5.41) is 30.3. The third kappa shape index (κ3) is 3.10. The number of carboxylic acid groups (broad SMARTS) is 1. The Bertz CT molecular complexity index is 626. The van der Waals surface area contributed by atoms with E-state index in [1.54, 1.807) is 30.3 Å². The zero-order valence-electron chi connectivity index (χ0n) is 10.7. The van der Waals surface area contributed by atoms with E-state index in [1.165, 1.54) is 6.07 Å². The summed E-state index contributed by atoms with van der Waals surface area (Å²) in [7, 11) is 0. The number of carboxylic acids is 1. The second kappa shape index (κ2) is 6.22. The highest BCUT2D eigenvalue weighted by Crippen LogP contribution is 2.24. The van der Waals surface area contributed by atoms with Crippen LogP contribution in [-0.4, -0.2) is 33.3 Å². The van der Waals surface area contributed by atoms with Crippen LogP contribution in [0.3, 0.4) is 0 Å². The van der Waals surface area contributed by atoms with Crippen LogP contribution in [0.1, 0.15) is 28.4 Å². The molecule has 0 saturated heterocycles. The van der Waals surface area contributed by atoms with Crippen molar-refractivity contribution in [2.24, 2.45) is 0 Å². The summed E-state index contributed by atoms with van der Waals surface area (Å²) in [4.78, 5) is 10.9. The second-order valence-corrected chi connectivity index (χ2v) is 4.99. The van der Waals surface area contributed by atoms with Gasteiger partial charge in [-0.3, -0.25) is 0 Å². The number of rotatable bonds is 5. The summed E-state index contributed by atoms with van der Waals surface area (Å²) in [6, 6.07) is 9.91. The first-order chi connectivity index (χ1) is 9.52. The van der Waals surface area contributed by atoms with E-state index >= 15 is 0 Å². The van der Waals surface area contributed by atoms with Gasteiger partial charge in [0.15, 0.2) is 0 Å². The first-order valence-electron chi connectivity index (χ1n) is 6.22. The SMILES string of the molecule is O=C(O)c1ccc2cc(C(O)C(O)CCCl)ccc2c1. The number of alkyl halides is 1. The molecule has 0 spiro atoms. The first kappa shape index (κ1) is 14.8. The van der Waals surface area contributed by atoms with Crippen molar-refractivity contribution in [3.05, 3.63) is 47.5 Å². The quantitative estimate of drug-likeness (QED) is 0.741. The van der Waals surface area contributed by atoms with Crippen LogP contribution in [0.15, 0.2) is 36.4 Å². The van der Waals surface area contributed by atoms with E-state index < -0.39 is 18.2 Å². The third-order valence-electron chi connectivity index (χ3n) is 3.22. The summed E-state index contributed by atoms with van der Waals surface area (Å²) >= 11 is 5.54. The van der Waals surface area contributed by atoms with Crippen LogP contribution in [0.5, 0.6) is 0 Å². The molecule has 3 N–H and O–H groups in total. The number of carbonyl (C=O) groups is 1. The van der Waals surface area contributed by atoms with Gasteiger partial charge < -0.3 is 15.3 Å². The van der Waals surface area contributed by atoms with Crippen molar-refractivity contribution < 1.29 is 20.1 Å². The van der Waals surface area contributed by atoms with Gasteiger partial charge in [0, 0.05) is 5.88 Å². The molecule has 2 aromatic rings. The summed E-state index contributed by atoms with van der Waals surface area (Å²) in [5.74, 6) is -0.707. The van der Waals surface area contributed by atoms with E-state index in [4.69, 9.17) is 16.7 Å². The van der Waals surface area contributed by atoms with Crippen LogP contribution >= 0.6 is 11.6 Å². The van der Waals surface area contributed by atoms with Gasteiger partial charge in [0.05, 0.1) is 11.7 Å². The molecule has 2 atom stereocenters. The average molecular weight is 295 g/mol. The Morgan fingerprint density at radius 2 is 1.75 bits per heavy atom. The van der Waals surface area contributed by atoms with Crippen molar-refractivity contribution in [1.29, 1.82) is 0 Å². The summed E-state index contributed by atoms with van der Waals surface area (Å²) < 4.78 is 0. The largest absolute Gasteiger partial charge is 0.478 e. The number of hydrogen-bond donors (Lipinski definition) is 3. The lowest BCUT2D eigenvalue weighted by atomic mass is 9.98. The van der Waals surface area contributed by atoms with Gasteiger partial charge in [0.2, 0.25) is 0 Å². The van der Waals surface area contributed by atoms with Crippen LogP contribution in [0, 0.1) is 0 Å². The van der Waals surface area contributed by atoms with Crippen LogP contribution in [0.2, 0.25) is 0 Å². The van der Waals surface area contributed by atoms with Crippen LogP contribution in [0.4, 0.5) is 0 Å². The molecule has 0 aliphatic rings. The maximum atomic E-state index is 10.9. The molecule has 2 unspecified atom stereocenters.